The van der Waals surface area contributed by atoms with Gasteiger partial charge in [-0.2, -0.15) is 0 Å². The standard InChI is InChI=1S/C11H8BrF2N3O2/c1-2-9-15-10(11(18)19)16-17(9)8-3-5(12)6(13)4-7(8)14/h3-4H,2H2,1H3,(H,18,19). The topological polar surface area (TPSA) is 68.0 Å². The minimum Gasteiger partial charge on any atom is -0.475 e. The van der Waals surface area contributed by atoms with E-state index in [1.807, 2.05) is 0 Å². The van der Waals surface area contributed by atoms with Gasteiger partial charge in [-0.05, 0) is 22.0 Å². The van der Waals surface area contributed by atoms with Crippen LogP contribution in [0, 0.1) is 11.6 Å². The maximum absolute atomic E-state index is 13.7. The summed E-state index contributed by atoms with van der Waals surface area (Å²) in [6.07, 6.45) is 0.356. The monoisotopic (exact) mass is 331 g/mol. The maximum atomic E-state index is 13.7. The van der Waals surface area contributed by atoms with Gasteiger partial charge in [0.15, 0.2) is 5.82 Å². The summed E-state index contributed by atoms with van der Waals surface area (Å²) in [6.45, 7) is 1.72. The molecule has 0 aliphatic carbocycles. The molecule has 0 aliphatic rings. The Bertz CT molecular complexity index is 658. The lowest BCUT2D eigenvalue weighted by Crippen LogP contribution is -2.06. The second-order valence-electron chi connectivity index (χ2n) is 3.64. The Morgan fingerprint density at radius 1 is 1.42 bits per heavy atom. The zero-order chi connectivity index (χ0) is 14.2. The molecule has 100 valence electrons. The van der Waals surface area contributed by atoms with Gasteiger partial charge >= 0.3 is 5.97 Å². The van der Waals surface area contributed by atoms with Crippen LogP contribution in [0.4, 0.5) is 8.78 Å². The molecule has 0 saturated carbocycles. The minimum absolute atomic E-state index is 0.0540. The van der Waals surface area contributed by atoms with Crippen molar-refractivity contribution in [3.05, 3.63) is 39.9 Å². The number of carboxylic acid groups (broad SMARTS) is 1. The normalized spacial score (nSPS) is 10.7. The Labute approximate surface area is 115 Å². The van der Waals surface area contributed by atoms with Crippen molar-refractivity contribution >= 4 is 21.9 Å². The van der Waals surface area contributed by atoms with Crippen LogP contribution < -0.4 is 0 Å². The SMILES string of the molecule is CCc1nc(C(=O)O)nn1-c1cc(Br)c(F)cc1F. The first-order chi connectivity index (χ1) is 8.93. The van der Waals surface area contributed by atoms with Gasteiger partial charge in [0.2, 0.25) is 0 Å². The summed E-state index contributed by atoms with van der Waals surface area (Å²) in [5, 5.41) is 12.5. The molecule has 0 atom stereocenters. The molecule has 0 amide bonds. The van der Waals surface area contributed by atoms with Crippen molar-refractivity contribution in [3.63, 3.8) is 0 Å². The number of benzene rings is 1. The molecular weight excluding hydrogens is 324 g/mol. The highest BCUT2D eigenvalue weighted by molar-refractivity contribution is 9.10. The maximum Gasteiger partial charge on any atom is 0.375 e. The number of nitrogens with zero attached hydrogens (tertiary/aromatic N) is 3. The first-order valence-corrected chi connectivity index (χ1v) is 6.07. The van der Waals surface area contributed by atoms with Gasteiger partial charge in [-0.3, -0.25) is 0 Å². The smallest absolute Gasteiger partial charge is 0.375 e. The van der Waals surface area contributed by atoms with Crippen LogP contribution in [0.15, 0.2) is 16.6 Å². The van der Waals surface area contributed by atoms with Crippen molar-refractivity contribution < 1.29 is 18.7 Å². The minimum atomic E-state index is -1.31. The molecule has 1 heterocycles. The average Bonchev–Trinajstić information content (AvgIpc) is 2.77. The average molecular weight is 332 g/mol. The molecule has 2 rings (SSSR count). The Morgan fingerprint density at radius 2 is 2.11 bits per heavy atom. The quantitative estimate of drug-likeness (QED) is 0.878. The number of rotatable bonds is 3. The van der Waals surface area contributed by atoms with Crippen LogP contribution in [0.1, 0.15) is 23.4 Å². The third-order valence-corrected chi connectivity index (χ3v) is 3.01. The summed E-state index contributed by atoms with van der Waals surface area (Å²) in [5.74, 6) is -3.07. The number of halogens is 3. The summed E-state index contributed by atoms with van der Waals surface area (Å²) in [6, 6.07) is 1.88. The number of carboxylic acids is 1. The van der Waals surface area contributed by atoms with Crippen molar-refractivity contribution in [2.24, 2.45) is 0 Å². The van der Waals surface area contributed by atoms with Gasteiger partial charge < -0.3 is 5.11 Å². The van der Waals surface area contributed by atoms with Crippen molar-refractivity contribution in [1.29, 1.82) is 0 Å². The zero-order valence-corrected chi connectivity index (χ0v) is 11.3. The number of hydrogen-bond acceptors (Lipinski definition) is 3. The fourth-order valence-corrected chi connectivity index (χ4v) is 1.86. The van der Waals surface area contributed by atoms with Crippen LogP contribution in [0.2, 0.25) is 0 Å². The van der Waals surface area contributed by atoms with Gasteiger partial charge in [-0.15, -0.1) is 5.10 Å². The first kappa shape index (κ1) is 13.6. The molecule has 19 heavy (non-hydrogen) atoms. The number of hydrogen-bond donors (Lipinski definition) is 1. The molecule has 1 aromatic carbocycles. The number of aryl methyl sites for hydroxylation is 1. The molecule has 0 unspecified atom stereocenters. The summed E-state index contributed by atoms with van der Waals surface area (Å²) < 4.78 is 28.0. The van der Waals surface area contributed by atoms with E-state index >= 15 is 0 Å². The lowest BCUT2D eigenvalue weighted by molar-refractivity contribution is 0.0683. The van der Waals surface area contributed by atoms with Crippen LogP contribution in [-0.2, 0) is 6.42 Å². The Hall–Kier alpha value is -1.83. The highest BCUT2D eigenvalue weighted by atomic mass is 79.9. The Kier molecular flexibility index (Phi) is 3.61. The second kappa shape index (κ2) is 5.04. The Morgan fingerprint density at radius 3 is 2.68 bits per heavy atom. The van der Waals surface area contributed by atoms with E-state index in [9.17, 15) is 13.6 Å². The van der Waals surface area contributed by atoms with Crippen molar-refractivity contribution in [2.75, 3.05) is 0 Å². The van der Waals surface area contributed by atoms with Crippen LogP contribution in [0.25, 0.3) is 5.69 Å². The van der Waals surface area contributed by atoms with E-state index in [-0.39, 0.29) is 16.0 Å². The first-order valence-electron chi connectivity index (χ1n) is 5.28. The number of aromatic carboxylic acids is 1. The van der Waals surface area contributed by atoms with E-state index in [4.69, 9.17) is 5.11 Å². The predicted molar refractivity (Wildman–Crippen MR) is 65.3 cm³/mol. The fourth-order valence-electron chi connectivity index (χ4n) is 1.53. The van der Waals surface area contributed by atoms with Crippen LogP contribution in [0.5, 0.6) is 0 Å². The van der Waals surface area contributed by atoms with E-state index in [0.717, 1.165) is 4.68 Å². The van der Waals surface area contributed by atoms with Crippen LogP contribution in [-0.4, -0.2) is 25.8 Å². The number of carbonyl (C=O) groups is 1. The molecule has 2 aromatic rings. The van der Waals surface area contributed by atoms with Crippen LogP contribution in [0.3, 0.4) is 0 Å². The Balaban J connectivity index is 2.64. The molecular formula is C11H8BrF2N3O2. The van der Waals surface area contributed by atoms with Gasteiger partial charge in [0.1, 0.15) is 17.3 Å². The van der Waals surface area contributed by atoms with Gasteiger partial charge in [0.05, 0.1) is 4.47 Å². The third kappa shape index (κ3) is 2.48. The van der Waals surface area contributed by atoms with Crippen molar-refractivity contribution in [3.8, 4) is 5.69 Å². The van der Waals surface area contributed by atoms with Gasteiger partial charge in [0.25, 0.3) is 5.82 Å². The molecule has 0 aliphatic heterocycles. The molecule has 0 radical (unpaired) electrons. The molecule has 1 aromatic heterocycles. The summed E-state index contributed by atoms with van der Waals surface area (Å²) in [7, 11) is 0. The van der Waals surface area contributed by atoms with E-state index in [2.05, 4.69) is 26.0 Å². The lowest BCUT2D eigenvalue weighted by Gasteiger charge is -2.06. The zero-order valence-electron chi connectivity index (χ0n) is 9.69. The summed E-state index contributed by atoms with van der Waals surface area (Å²) in [4.78, 5) is 14.6. The van der Waals surface area contributed by atoms with Gasteiger partial charge in [-0.25, -0.2) is 23.2 Å². The molecule has 0 fully saturated rings. The molecule has 0 spiro atoms. The summed E-state index contributed by atoms with van der Waals surface area (Å²) in [5.41, 5.74) is -0.0647. The summed E-state index contributed by atoms with van der Waals surface area (Å²) >= 11 is 2.94. The van der Waals surface area contributed by atoms with E-state index in [1.165, 1.54) is 6.07 Å². The fraction of sp³-hybridized carbons (Fsp3) is 0.182. The molecule has 8 heteroatoms. The predicted octanol–water partition coefficient (Wildman–Crippen LogP) is 2.57. The second-order valence-corrected chi connectivity index (χ2v) is 4.49. The van der Waals surface area contributed by atoms with Gasteiger partial charge in [0, 0.05) is 12.5 Å². The van der Waals surface area contributed by atoms with Gasteiger partial charge in [-0.1, -0.05) is 6.92 Å². The molecule has 5 nitrogen and oxygen atoms in total. The van der Waals surface area contributed by atoms with Crippen molar-refractivity contribution in [1.82, 2.24) is 14.8 Å². The molecule has 0 bridgehead atoms. The van der Waals surface area contributed by atoms with E-state index in [1.54, 1.807) is 6.92 Å². The highest BCUT2D eigenvalue weighted by Crippen LogP contribution is 2.23. The van der Waals surface area contributed by atoms with E-state index < -0.39 is 23.4 Å². The third-order valence-electron chi connectivity index (χ3n) is 2.40. The molecule has 1 N–H and O–H groups in total. The van der Waals surface area contributed by atoms with Crippen LogP contribution >= 0.6 is 15.9 Å². The lowest BCUT2D eigenvalue weighted by atomic mass is 10.3. The highest BCUT2D eigenvalue weighted by Gasteiger charge is 2.18. The van der Waals surface area contributed by atoms with Crippen molar-refractivity contribution in [2.45, 2.75) is 13.3 Å². The molecule has 0 saturated heterocycles. The number of aromatic nitrogens is 3. The van der Waals surface area contributed by atoms with E-state index in [0.29, 0.717) is 12.5 Å². The largest absolute Gasteiger partial charge is 0.475 e.